The van der Waals surface area contributed by atoms with Crippen LogP contribution < -0.4 is 5.32 Å². The molecule has 1 N–H and O–H groups in total. The van der Waals surface area contributed by atoms with E-state index in [2.05, 4.69) is 28.5 Å². The van der Waals surface area contributed by atoms with Crippen LogP contribution in [0, 0.1) is 0 Å². The van der Waals surface area contributed by atoms with E-state index < -0.39 is 5.54 Å². The summed E-state index contributed by atoms with van der Waals surface area (Å²) in [6.45, 7) is 6.43. The molecule has 0 amide bonds. The fraction of sp³-hybridized carbons (Fsp3) is 0.786. The van der Waals surface area contributed by atoms with Crippen molar-refractivity contribution in [2.45, 2.75) is 67.6 Å². The zero-order chi connectivity index (χ0) is 15.3. The fourth-order valence-electron chi connectivity index (χ4n) is 2.88. The molecule has 2 unspecified atom stereocenters. The Balaban J connectivity index is 2.09. The number of ether oxygens (including phenoxy) is 1. The molecule has 5 nitrogen and oxygen atoms in total. The Kier molecular flexibility index (Phi) is 6.01. The summed E-state index contributed by atoms with van der Waals surface area (Å²) in [5, 5.41) is 3.85. The van der Waals surface area contributed by atoms with Crippen LogP contribution in [0.25, 0.3) is 0 Å². The van der Waals surface area contributed by atoms with Gasteiger partial charge < -0.3 is 4.74 Å². The van der Waals surface area contributed by atoms with E-state index >= 15 is 0 Å². The van der Waals surface area contributed by atoms with E-state index in [0.717, 1.165) is 30.0 Å². The van der Waals surface area contributed by atoms with Crippen LogP contribution in [0.3, 0.4) is 0 Å². The van der Waals surface area contributed by atoms with E-state index in [0.29, 0.717) is 11.9 Å². The SMILES string of the molecule is CCOC(=O)C1(NC(C)C)CCCC(Sc2ncns2)C1. The lowest BCUT2D eigenvalue weighted by Gasteiger charge is -2.40. The van der Waals surface area contributed by atoms with E-state index in [9.17, 15) is 4.79 Å². The summed E-state index contributed by atoms with van der Waals surface area (Å²) in [6.07, 6.45) is 5.34. The van der Waals surface area contributed by atoms with Crippen molar-refractivity contribution < 1.29 is 9.53 Å². The number of carbonyl (C=O) groups is 1. The van der Waals surface area contributed by atoms with E-state index in [1.54, 1.807) is 18.1 Å². The number of nitrogens with one attached hydrogen (secondary N) is 1. The molecular weight excluding hydrogens is 306 g/mol. The van der Waals surface area contributed by atoms with Gasteiger partial charge in [-0.1, -0.05) is 11.8 Å². The highest BCUT2D eigenvalue weighted by Gasteiger charge is 2.44. The minimum absolute atomic E-state index is 0.110. The lowest BCUT2D eigenvalue weighted by atomic mass is 9.80. The van der Waals surface area contributed by atoms with Crippen molar-refractivity contribution in [1.82, 2.24) is 14.7 Å². The lowest BCUT2D eigenvalue weighted by molar-refractivity contribution is -0.153. The van der Waals surface area contributed by atoms with Gasteiger partial charge in [0.05, 0.1) is 6.61 Å². The number of esters is 1. The number of thioether (sulfide) groups is 1. The molecular formula is C14H23N3O2S2. The Morgan fingerprint density at radius 3 is 3.10 bits per heavy atom. The third-order valence-corrected chi connectivity index (χ3v) is 5.56. The van der Waals surface area contributed by atoms with E-state index in [1.807, 2.05) is 6.92 Å². The maximum atomic E-state index is 12.5. The average Bonchev–Trinajstić information content (AvgIpc) is 2.91. The fourth-order valence-corrected chi connectivity index (χ4v) is 4.91. The smallest absolute Gasteiger partial charge is 0.326 e. The second-order valence-electron chi connectivity index (χ2n) is 5.65. The van der Waals surface area contributed by atoms with Crippen LogP contribution in [0.5, 0.6) is 0 Å². The van der Waals surface area contributed by atoms with Crippen molar-refractivity contribution >= 4 is 29.3 Å². The standard InChI is InChI=1S/C14H23N3O2S2/c1-4-19-12(18)14(17-10(2)3)7-5-6-11(8-14)20-13-15-9-16-21-13/h9-11,17H,4-8H2,1-3H3. The highest BCUT2D eigenvalue weighted by atomic mass is 32.2. The number of rotatable bonds is 6. The first-order valence-corrected chi connectivity index (χ1v) is 9.09. The number of hydrogen-bond donors (Lipinski definition) is 1. The summed E-state index contributed by atoms with van der Waals surface area (Å²) >= 11 is 3.15. The van der Waals surface area contributed by atoms with Crippen molar-refractivity contribution in [3.63, 3.8) is 0 Å². The molecule has 7 heteroatoms. The van der Waals surface area contributed by atoms with Gasteiger partial charge in [0.15, 0.2) is 4.34 Å². The zero-order valence-electron chi connectivity index (χ0n) is 12.8. The molecule has 1 aromatic rings. The first-order valence-electron chi connectivity index (χ1n) is 7.44. The monoisotopic (exact) mass is 329 g/mol. The Morgan fingerprint density at radius 2 is 2.48 bits per heavy atom. The molecule has 0 aromatic carbocycles. The lowest BCUT2D eigenvalue weighted by Crippen LogP contribution is -2.58. The molecule has 0 aliphatic heterocycles. The van der Waals surface area contributed by atoms with Crippen molar-refractivity contribution in [2.75, 3.05) is 6.61 Å². The summed E-state index contributed by atoms with van der Waals surface area (Å²) in [4.78, 5) is 16.7. The van der Waals surface area contributed by atoms with Crippen LogP contribution >= 0.6 is 23.3 Å². The van der Waals surface area contributed by atoms with Crippen molar-refractivity contribution in [3.8, 4) is 0 Å². The topological polar surface area (TPSA) is 64.1 Å². The molecule has 0 radical (unpaired) electrons. The van der Waals surface area contributed by atoms with Gasteiger partial charge in [-0.3, -0.25) is 10.1 Å². The van der Waals surface area contributed by atoms with Crippen LogP contribution in [-0.4, -0.2) is 38.8 Å². The van der Waals surface area contributed by atoms with Crippen molar-refractivity contribution in [2.24, 2.45) is 0 Å². The predicted octanol–water partition coefficient (Wildman–Crippen LogP) is 2.87. The molecule has 1 fully saturated rings. The number of aromatic nitrogens is 2. The Morgan fingerprint density at radius 1 is 1.67 bits per heavy atom. The van der Waals surface area contributed by atoms with Gasteiger partial charge in [-0.25, -0.2) is 4.98 Å². The van der Waals surface area contributed by atoms with Gasteiger partial charge in [0.1, 0.15) is 11.9 Å². The molecule has 0 saturated heterocycles. The second-order valence-corrected chi connectivity index (χ2v) is 7.97. The van der Waals surface area contributed by atoms with Gasteiger partial charge in [0, 0.05) is 11.3 Å². The third-order valence-electron chi connectivity index (χ3n) is 3.55. The number of hydrogen-bond acceptors (Lipinski definition) is 7. The van der Waals surface area contributed by atoms with Gasteiger partial charge in [0.25, 0.3) is 0 Å². The minimum atomic E-state index is -0.551. The van der Waals surface area contributed by atoms with Crippen molar-refractivity contribution in [1.29, 1.82) is 0 Å². The molecule has 118 valence electrons. The molecule has 1 aromatic heterocycles. The first kappa shape index (κ1) is 16.7. The number of carbonyl (C=O) groups excluding carboxylic acids is 1. The molecule has 21 heavy (non-hydrogen) atoms. The highest BCUT2D eigenvalue weighted by Crippen LogP contribution is 2.39. The minimum Gasteiger partial charge on any atom is -0.465 e. The normalized spacial score (nSPS) is 26.0. The van der Waals surface area contributed by atoms with Crippen molar-refractivity contribution in [3.05, 3.63) is 6.33 Å². The van der Waals surface area contributed by atoms with Crippen LogP contribution in [0.2, 0.25) is 0 Å². The summed E-state index contributed by atoms with van der Waals surface area (Å²) in [6, 6.07) is 0.250. The van der Waals surface area contributed by atoms with Crippen LogP contribution in [-0.2, 0) is 9.53 Å². The highest BCUT2D eigenvalue weighted by molar-refractivity contribution is 8.01. The Labute approximate surface area is 134 Å². The molecule has 2 atom stereocenters. The number of nitrogens with zero attached hydrogens (tertiary/aromatic N) is 2. The van der Waals surface area contributed by atoms with Gasteiger partial charge >= 0.3 is 5.97 Å². The Bertz CT molecular complexity index is 453. The summed E-state index contributed by atoms with van der Waals surface area (Å²) in [5.74, 6) is -0.110. The maximum absolute atomic E-state index is 12.5. The van der Waals surface area contributed by atoms with Gasteiger partial charge in [0.2, 0.25) is 0 Å². The van der Waals surface area contributed by atoms with E-state index in [-0.39, 0.29) is 12.0 Å². The molecule has 0 bridgehead atoms. The summed E-state index contributed by atoms with van der Waals surface area (Å²) < 4.78 is 10.3. The quantitative estimate of drug-likeness (QED) is 0.810. The van der Waals surface area contributed by atoms with Gasteiger partial charge in [-0.2, -0.15) is 4.37 Å². The van der Waals surface area contributed by atoms with Crippen LogP contribution in [0.4, 0.5) is 0 Å². The summed E-state index contributed by atoms with van der Waals surface area (Å²) in [5.41, 5.74) is -0.551. The molecule has 1 aliphatic carbocycles. The van der Waals surface area contributed by atoms with Crippen LogP contribution in [0.15, 0.2) is 10.7 Å². The molecule has 0 spiro atoms. The first-order chi connectivity index (χ1) is 10.1. The molecule has 1 saturated carbocycles. The third kappa shape index (κ3) is 4.40. The Hall–Kier alpha value is -0.660. The van der Waals surface area contributed by atoms with E-state index in [1.165, 1.54) is 11.5 Å². The average molecular weight is 329 g/mol. The zero-order valence-corrected chi connectivity index (χ0v) is 14.4. The second kappa shape index (κ2) is 7.56. The van der Waals surface area contributed by atoms with Gasteiger partial charge in [-0.05, 0) is 58.0 Å². The molecule has 2 rings (SSSR count). The molecule has 1 aliphatic rings. The van der Waals surface area contributed by atoms with Crippen LogP contribution in [0.1, 0.15) is 46.5 Å². The maximum Gasteiger partial charge on any atom is 0.326 e. The predicted molar refractivity (Wildman–Crippen MR) is 85.7 cm³/mol. The molecule has 1 heterocycles. The summed E-state index contributed by atoms with van der Waals surface area (Å²) in [7, 11) is 0. The van der Waals surface area contributed by atoms with Gasteiger partial charge in [-0.15, -0.1) is 0 Å². The van der Waals surface area contributed by atoms with E-state index in [4.69, 9.17) is 4.74 Å². The largest absolute Gasteiger partial charge is 0.465 e.